The van der Waals surface area contributed by atoms with Gasteiger partial charge in [-0.15, -0.1) is 35.3 Å². The number of benzene rings is 1. The number of nitrogens with one attached hydrogen (secondary N) is 1. The molecule has 2 rings (SSSR count). The van der Waals surface area contributed by atoms with Crippen molar-refractivity contribution in [2.75, 3.05) is 20.1 Å². The highest BCUT2D eigenvalue weighted by molar-refractivity contribution is 14.0. The average molecular weight is 480 g/mol. The molecule has 0 amide bonds. The van der Waals surface area contributed by atoms with Gasteiger partial charge < -0.3 is 10.2 Å². The summed E-state index contributed by atoms with van der Waals surface area (Å²) in [5.74, 6) is -0.886. The summed E-state index contributed by atoms with van der Waals surface area (Å²) in [6.45, 7) is 5.71. The summed E-state index contributed by atoms with van der Waals surface area (Å²) in [4.78, 5) is 10.9. The van der Waals surface area contributed by atoms with E-state index in [-0.39, 0.29) is 24.0 Å². The first kappa shape index (κ1) is 21.8. The van der Waals surface area contributed by atoms with Crippen molar-refractivity contribution in [1.82, 2.24) is 15.2 Å². The molecule has 0 atom stereocenters. The third-order valence-electron chi connectivity index (χ3n) is 3.44. The fourth-order valence-corrected chi connectivity index (χ4v) is 2.90. The second kappa shape index (κ2) is 10.6. The van der Waals surface area contributed by atoms with Gasteiger partial charge in [0, 0.05) is 25.5 Å². The molecular formula is C17H23F2IN4S. The lowest BCUT2D eigenvalue weighted by Crippen LogP contribution is -2.38. The highest BCUT2D eigenvalue weighted by Crippen LogP contribution is 2.12. The van der Waals surface area contributed by atoms with Crippen LogP contribution >= 0.6 is 35.3 Å². The molecule has 0 unspecified atom stereocenters. The molecule has 0 aliphatic heterocycles. The number of thiazole rings is 1. The Labute approximate surface area is 168 Å². The van der Waals surface area contributed by atoms with Crippen LogP contribution in [0.2, 0.25) is 0 Å². The van der Waals surface area contributed by atoms with Crippen molar-refractivity contribution in [3.63, 3.8) is 0 Å². The monoisotopic (exact) mass is 480 g/mol. The van der Waals surface area contributed by atoms with Crippen molar-refractivity contribution < 1.29 is 8.78 Å². The van der Waals surface area contributed by atoms with Crippen LogP contribution in [0.3, 0.4) is 0 Å². The molecule has 25 heavy (non-hydrogen) atoms. The number of aliphatic imine (C=N–C) groups is 1. The van der Waals surface area contributed by atoms with Gasteiger partial charge in [0.25, 0.3) is 0 Å². The second-order valence-electron chi connectivity index (χ2n) is 5.41. The van der Waals surface area contributed by atoms with E-state index in [1.54, 1.807) is 17.4 Å². The summed E-state index contributed by atoms with van der Waals surface area (Å²) in [6.07, 6.45) is 0.349. The largest absolute Gasteiger partial charge is 0.357 e. The zero-order valence-electron chi connectivity index (χ0n) is 14.6. The van der Waals surface area contributed by atoms with Gasteiger partial charge >= 0.3 is 0 Å². The molecule has 4 nitrogen and oxygen atoms in total. The van der Waals surface area contributed by atoms with Crippen molar-refractivity contribution >= 4 is 41.3 Å². The Morgan fingerprint density at radius 1 is 1.36 bits per heavy atom. The molecule has 0 spiro atoms. The lowest BCUT2D eigenvalue weighted by Gasteiger charge is -2.21. The molecule has 1 N–H and O–H groups in total. The molecule has 8 heteroatoms. The SMILES string of the molecule is CCNC(=NCCc1cccc(F)c1F)N(C)Cc1csc(C)n1.I. The molecule has 0 fully saturated rings. The number of hydrogen-bond donors (Lipinski definition) is 1. The summed E-state index contributed by atoms with van der Waals surface area (Å²) in [7, 11) is 1.93. The van der Waals surface area contributed by atoms with Crippen molar-refractivity contribution in [3.05, 3.63) is 51.5 Å². The van der Waals surface area contributed by atoms with E-state index in [9.17, 15) is 8.78 Å². The minimum Gasteiger partial charge on any atom is -0.357 e. The highest BCUT2D eigenvalue weighted by Gasteiger charge is 2.10. The summed E-state index contributed by atoms with van der Waals surface area (Å²) in [6, 6.07) is 4.22. The Hall–Kier alpha value is -1.29. The number of halogens is 3. The third kappa shape index (κ3) is 6.50. The van der Waals surface area contributed by atoms with Crippen LogP contribution in [0.5, 0.6) is 0 Å². The van der Waals surface area contributed by atoms with Crippen molar-refractivity contribution in [2.24, 2.45) is 4.99 Å². The second-order valence-corrected chi connectivity index (χ2v) is 6.47. The number of hydrogen-bond acceptors (Lipinski definition) is 3. The first-order chi connectivity index (χ1) is 11.5. The van der Waals surface area contributed by atoms with E-state index in [0.717, 1.165) is 29.3 Å². The van der Waals surface area contributed by atoms with Crippen LogP contribution in [0.15, 0.2) is 28.6 Å². The topological polar surface area (TPSA) is 40.5 Å². The van der Waals surface area contributed by atoms with Gasteiger partial charge in [0.2, 0.25) is 0 Å². The maximum absolute atomic E-state index is 13.7. The molecule has 0 saturated heterocycles. The minimum absolute atomic E-state index is 0. The first-order valence-electron chi connectivity index (χ1n) is 7.84. The highest BCUT2D eigenvalue weighted by atomic mass is 127. The van der Waals surface area contributed by atoms with Crippen LogP contribution in [0, 0.1) is 18.6 Å². The zero-order chi connectivity index (χ0) is 17.5. The lowest BCUT2D eigenvalue weighted by atomic mass is 10.1. The van der Waals surface area contributed by atoms with Crippen LogP contribution in [-0.4, -0.2) is 36.0 Å². The number of nitrogens with zero attached hydrogens (tertiary/aromatic N) is 3. The maximum atomic E-state index is 13.7. The van der Waals surface area contributed by atoms with Crippen LogP contribution in [-0.2, 0) is 13.0 Å². The van der Waals surface area contributed by atoms with E-state index >= 15 is 0 Å². The van der Waals surface area contributed by atoms with Gasteiger partial charge in [0.1, 0.15) is 0 Å². The van der Waals surface area contributed by atoms with Crippen molar-refractivity contribution in [2.45, 2.75) is 26.8 Å². The number of guanidine groups is 1. The van der Waals surface area contributed by atoms with Gasteiger partial charge in [-0.3, -0.25) is 4.99 Å². The fourth-order valence-electron chi connectivity index (χ4n) is 2.29. The number of aromatic nitrogens is 1. The van der Waals surface area contributed by atoms with Gasteiger partial charge in [0.05, 0.1) is 17.2 Å². The van der Waals surface area contributed by atoms with Gasteiger partial charge in [0.15, 0.2) is 17.6 Å². The Morgan fingerprint density at radius 3 is 2.76 bits per heavy atom. The zero-order valence-corrected chi connectivity index (χ0v) is 17.7. The summed E-state index contributed by atoms with van der Waals surface area (Å²) in [5.41, 5.74) is 1.33. The Balaban J connectivity index is 0.00000312. The van der Waals surface area contributed by atoms with Crippen LogP contribution in [0.25, 0.3) is 0 Å². The van der Waals surface area contributed by atoms with Crippen molar-refractivity contribution in [1.29, 1.82) is 0 Å². The van der Waals surface area contributed by atoms with E-state index in [0.29, 0.717) is 25.1 Å². The molecular weight excluding hydrogens is 457 g/mol. The molecule has 2 aromatic rings. The summed E-state index contributed by atoms with van der Waals surface area (Å²) in [5, 5.41) is 6.26. The maximum Gasteiger partial charge on any atom is 0.194 e. The average Bonchev–Trinajstić information content (AvgIpc) is 2.95. The molecule has 1 aromatic heterocycles. The van der Waals surface area contributed by atoms with E-state index < -0.39 is 11.6 Å². The van der Waals surface area contributed by atoms with E-state index in [2.05, 4.69) is 15.3 Å². The molecule has 1 aromatic carbocycles. The molecule has 0 aliphatic carbocycles. The molecule has 1 heterocycles. The quantitative estimate of drug-likeness (QED) is 0.386. The summed E-state index contributed by atoms with van der Waals surface area (Å²) >= 11 is 1.61. The van der Waals surface area contributed by atoms with Gasteiger partial charge in [-0.05, 0) is 31.9 Å². The van der Waals surface area contributed by atoms with E-state index in [1.807, 2.05) is 31.2 Å². The van der Waals surface area contributed by atoms with Gasteiger partial charge in [-0.2, -0.15) is 0 Å². The fraction of sp³-hybridized carbons (Fsp3) is 0.412. The van der Waals surface area contributed by atoms with Crippen LogP contribution in [0.4, 0.5) is 8.78 Å². The molecule has 138 valence electrons. The smallest absolute Gasteiger partial charge is 0.194 e. The standard InChI is InChI=1S/C17H22F2N4S.HI/c1-4-20-17(23(3)10-14-11-24-12(2)22-14)21-9-8-13-6-5-7-15(18)16(13)19;/h5-7,11H,4,8-10H2,1-3H3,(H,20,21);1H. The minimum atomic E-state index is -0.820. The molecule has 0 radical (unpaired) electrons. The number of rotatable bonds is 6. The van der Waals surface area contributed by atoms with E-state index in [1.165, 1.54) is 6.07 Å². The van der Waals surface area contributed by atoms with Gasteiger partial charge in [-0.25, -0.2) is 13.8 Å². The van der Waals surface area contributed by atoms with Crippen LogP contribution < -0.4 is 5.32 Å². The van der Waals surface area contributed by atoms with Gasteiger partial charge in [-0.1, -0.05) is 12.1 Å². The number of aryl methyl sites for hydroxylation is 1. The lowest BCUT2D eigenvalue weighted by molar-refractivity contribution is 0.470. The van der Waals surface area contributed by atoms with E-state index in [4.69, 9.17) is 0 Å². The Morgan fingerprint density at radius 2 is 2.12 bits per heavy atom. The Kier molecular flexibility index (Phi) is 9.26. The molecule has 0 bridgehead atoms. The predicted octanol–water partition coefficient (Wildman–Crippen LogP) is 3.99. The van der Waals surface area contributed by atoms with Crippen LogP contribution in [0.1, 0.15) is 23.2 Å². The van der Waals surface area contributed by atoms with Crippen molar-refractivity contribution in [3.8, 4) is 0 Å². The predicted molar refractivity (Wildman–Crippen MR) is 110 cm³/mol. The Bertz CT molecular complexity index is 706. The third-order valence-corrected chi connectivity index (χ3v) is 4.26. The first-order valence-corrected chi connectivity index (χ1v) is 8.72. The normalized spacial score (nSPS) is 11.2. The molecule has 0 aliphatic rings. The molecule has 0 saturated carbocycles. The summed E-state index contributed by atoms with van der Waals surface area (Å²) < 4.78 is 26.9.